The molecule has 0 amide bonds. The van der Waals surface area contributed by atoms with E-state index in [1.165, 1.54) is 30.4 Å². The number of aryl methyl sites for hydroxylation is 1. The van der Waals surface area contributed by atoms with Crippen LogP contribution in [0.5, 0.6) is 0 Å². The molecule has 0 bridgehead atoms. The average molecular weight is 187 g/mol. The van der Waals surface area contributed by atoms with Gasteiger partial charge in [0.1, 0.15) is 0 Å². The second-order valence-corrected chi connectivity index (χ2v) is 5.05. The Morgan fingerprint density at radius 3 is 2.43 bits per heavy atom. The van der Waals surface area contributed by atoms with Crippen LogP contribution in [0, 0.1) is 12.8 Å². The van der Waals surface area contributed by atoms with E-state index in [0.717, 1.165) is 5.92 Å². The SMILES string of the molecule is Cc1ccc(C2CC2(N)C2CC2)cc1. The van der Waals surface area contributed by atoms with E-state index >= 15 is 0 Å². The van der Waals surface area contributed by atoms with Crippen LogP contribution < -0.4 is 5.73 Å². The predicted octanol–water partition coefficient (Wildman–Crippen LogP) is 2.59. The first-order valence-corrected chi connectivity index (χ1v) is 5.55. The molecule has 2 saturated carbocycles. The quantitative estimate of drug-likeness (QED) is 0.756. The Kier molecular flexibility index (Phi) is 1.58. The van der Waals surface area contributed by atoms with Crippen molar-refractivity contribution in [3.05, 3.63) is 35.4 Å². The standard InChI is InChI=1S/C13H17N/c1-9-2-4-10(5-3-9)12-8-13(12,14)11-6-7-11/h2-5,11-12H,6-8,14H2,1H3. The van der Waals surface area contributed by atoms with E-state index < -0.39 is 0 Å². The highest BCUT2D eigenvalue weighted by Crippen LogP contribution is 2.60. The summed E-state index contributed by atoms with van der Waals surface area (Å²) in [6.45, 7) is 2.13. The van der Waals surface area contributed by atoms with Gasteiger partial charge in [-0.3, -0.25) is 0 Å². The van der Waals surface area contributed by atoms with Crippen molar-refractivity contribution in [1.29, 1.82) is 0 Å². The molecular weight excluding hydrogens is 170 g/mol. The minimum absolute atomic E-state index is 0.176. The fourth-order valence-corrected chi connectivity index (χ4v) is 2.59. The lowest BCUT2D eigenvalue weighted by atomic mass is 10.0. The largest absolute Gasteiger partial charge is 0.324 e. The fraction of sp³-hybridized carbons (Fsp3) is 0.538. The van der Waals surface area contributed by atoms with Crippen molar-refractivity contribution in [2.45, 2.75) is 37.6 Å². The summed E-state index contributed by atoms with van der Waals surface area (Å²) in [7, 11) is 0. The van der Waals surface area contributed by atoms with Crippen LogP contribution in [0.3, 0.4) is 0 Å². The molecule has 2 aliphatic carbocycles. The van der Waals surface area contributed by atoms with Crippen LogP contribution in [0.15, 0.2) is 24.3 Å². The number of hydrogen-bond donors (Lipinski definition) is 1. The first-order valence-electron chi connectivity index (χ1n) is 5.55. The second kappa shape index (κ2) is 2.60. The van der Waals surface area contributed by atoms with Crippen molar-refractivity contribution >= 4 is 0 Å². The Morgan fingerprint density at radius 2 is 1.86 bits per heavy atom. The number of benzene rings is 1. The number of rotatable bonds is 2. The summed E-state index contributed by atoms with van der Waals surface area (Å²) in [5.74, 6) is 1.48. The van der Waals surface area contributed by atoms with Crippen molar-refractivity contribution in [1.82, 2.24) is 0 Å². The molecule has 0 aromatic heterocycles. The molecule has 0 spiro atoms. The summed E-state index contributed by atoms with van der Waals surface area (Å²) in [5.41, 5.74) is 9.33. The maximum Gasteiger partial charge on any atom is 0.0259 e. The molecule has 2 fully saturated rings. The van der Waals surface area contributed by atoms with Gasteiger partial charge in [-0.2, -0.15) is 0 Å². The smallest absolute Gasteiger partial charge is 0.0259 e. The third-order valence-corrected chi connectivity index (χ3v) is 3.86. The number of hydrogen-bond acceptors (Lipinski definition) is 1. The molecule has 74 valence electrons. The van der Waals surface area contributed by atoms with E-state index in [0.29, 0.717) is 5.92 Å². The van der Waals surface area contributed by atoms with Crippen molar-refractivity contribution in [3.8, 4) is 0 Å². The van der Waals surface area contributed by atoms with Crippen LogP contribution in [-0.4, -0.2) is 5.54 Å². The zero-order valence-corrected chi connectivity index (χ0v) is 8.66. The zero-order chi connectivity index (χ0) is 9.76. The highest BCUT2D eigenvalue weighted by molar-refractivity contribution is 5.36. The Balaban J connectivity index is 1.82. The van der Waals surface area contributed by atoms with Crippen molar-refractivity contribution in [3.63, 3.8) is 0 Å². The molecule has 1 aromatic carbocycles. The topological polar surface area (TPSA) is 26.0 Å². The molecule has 1 nitrogen and oxygen atoms in total. The second-order valence-electron chi connectivity index (χ2n) is 5.05. The third kappa shape index (κ3) is 1.19. The Labute approximate surface area is 85.3 Å². The van der Waals surface area contributed by atoms with Gasteiger partial charge < -0.3 is 5.73 Å². The lowest BCUT2D eigenvalue weighted by molar-refractivity contribution is 0.567. The Bertz CT molecular complexity index is 350. The van der Waals surface area contributed by atoms with Crippen LogP contribution >= 0.6 is 0 Å². The molecule has 1 heteroatoms. The minimum Gasteiger partial charge on any atom is -0.324 e. The molecule has 0 heterocycles. The van der Waals surface area contributed by atoms with Gasteiger partial charge in [0, 0.05) is 11.5 Å². The normalized spacial score (nSPS) is 35.7. The van der Waals surface area contributed by atoms with E-state index in [1.807, 2.05) is 0 Å². The summed E-state index contributed by atoms with van der Waals surface area (Å²) in [6, 6.07) is 8.88. The maximum absolute atomic E-state index is 6.37. The molecule has 1 aromatic rings. The van der Waals surface area contributed by atoms with Gasteiger partial charge in [-0.25, -0.2) is 0 Å². The minimum atomic E-state index is 0.176. The maximum atomic E-state index is 6.37. The molecule has 2 unspecified atom stereocenters. The van der Waals surface area contributed by atoms with Gasteiger partial charge in [-0.05, 0) is 37.7 Å². The molecule has 3 rings (SSSR count). The van der Waals surface area contributed by atoms with Crippen LogP contribution in [0.25, 0.3) is 0 Å². The lowest BCUT2D eigenvalue weighted by Gasteiger charge is -2.09. The van der Waals surface area contributed by atoms with Gasteiger partial charge in [0.05, 0.1) is 0 Å². The molecule has 0 saturated heterocycles. The fourth-order valence-electron chi connectivity index (χ4n) is 2.59. The van der Waals surface area contributed by atoms with Gasteiger partial charge in [-0.15, -0.1) is 0 Å². The highest BCUT2D eigenvalue weighted by Gasteiger charge is 2.59. The van der Waals surface area contributed by atoms with E-state index in [1.54, 1.807) is 0 Å². The van der Waals surface area contributed by atoms with Gasteiger partial charge >= 0.3 is 0 Å². The van der Waals surface area contributed by atoms with Crippen LogP contribution in [0.1, 0.15) is 36.3 Å². The molecule has 0 radical (unpaired) electrons. The van der Waals surface area contributed by atoms with Gasteiger partial charge in [0.2, 0.25) is 0 Å². The van der Waals surface area contributed by atoms with Gasteiger partial charge in [0.25, 0.3) is 0 Å². The van der Waals surface area contributed by atoms with Crippen molar-refractivity contribution < 1.29 is 0 Å². The molecule has 0 aliphatic heterocycles. The number of nitrogens with two attached hydrogens (primary N) is 1. The van der Waals surface area contributed by atoms with E-state index in [2.05, 4.69) is 31.2 Å². The zero-order valence-electron chi connectivity index (χ0n) is 8.66. The van der Waals surface area contributed by atoms with Crippen molar-refractivity contribution in [2.24, 2.45) is 11.7 Å². The van der Waals surface area contributed by atoms with Gasteiger partial charge in [0.15, 0.2) is 0 Å². The third-order valence-electron chi connectivity index (χ3n) is 3.86. The summed E-state index contributed by atoms with van der Waals surface area (Å²) in [6.07, 6.45) is 3.93. The molecule has 14 heavy (non-hydrogen) atoms. The molecular formula is C13H17N. The highest BCUT2D eigenvalue weighted by atomic mass is 14.9. The van der Waals surface area contributed by atoms with Gasteiger partial charge in [-0.1, -0.05) is 29.8 Å². The van der Waals surface area contributed by atoms with Crippen LogP contribution in [0.2, 0.25) is 0 Å². The summed E-state index contributed by atoms with van der Waals surface area (Å²) in [4.78, 5) is 0. The Morgan fingerprint density at radius 1 is 1.21 bits per heavy atom. The molecule has 2 atom stereocenters. The van der Waals surface area contributed by atoms with Crippen molar-refractivity contribution in [2.75, 3.05) is 0 Å². The Hall–Kier alpha value is -0.820. The summed E-state index contributed by atoms with van der Waals surface area (Å²) >= 11 is 0. The summed E-state index contributed by atoms with van der Waals surface area (Å²) in [5, 5.41) is 0. The lowest BCUT2D eigenvalue weighted by Crippen LogP contribution is -2.26. The monoisotopic (exact) mass is 187 g/mol. The average Bonchev–Trinajstić information content (AvgIpc) is 2.99. The van der Waals surface area contributed by atoms with E-state index in [-0.39, 0.29) is 5.54 Å². The first kappa shape index (κ1) is 8.49. The molecule has 2 N–H and O–H groups in total. The van der Waals surface area contributed by atoms with Crippen LogP contribution in [0.4, 0.5) is 0 Å². The molecule has 2 aliphatic rings. The van der Waals surface area contributed by atoms with E-state index in [9.17, 15) is 0 Å². The summed E-state index contributed by atoms with van der Waals surface area (Å²) < 4.78 is 0. The first-order chi connectivity index (χ1) is 6.70. The predicted molar refractivity (Wildman–Crippen MR) is 58.2 cm³/mol. The van der Waals surface area contributed by atoms with E-state index in [4.69, 9.17) is 5.73 Å². The van der Waals surface area contributed by atoms with Crippen LogP contribution in [-0.2, 0) is 0 Å².